The Kier molecular flexibility index (Phi) is 2.53. The molecular formula is C10H11N3O2. The van der Waals surface area contributed by atoms with E-state index in [0.29, 0.717) is 18.3 Å². The number of hydrogen-bond donors (Lipinski definition) is 2. The zero-order valence-corrected chi connectivity index (χ0v) is 8.27. The second-order valence-corrected chi connectivity index (χ2v) is 3.09. The first kappa shape index (κ1) is 9.51. The molecule has 0 atom stereocenters. The molecule has 0 fully saturated rings. The SMILES string of the molecule is CNc1nnc(Cc2ccc(O)cc2)o1. The van der Waals surface area contributed by atoms with Crippen LogP contribution in [-0.2, 0) is 6.42 Å². The van der Waals surface area contributed by atoms with Gasteiger partial charge in [-0.15, -0.1) is 5.10 Å². The van der Waals surface area contributed by atoms with Crippen LogP contribution in [0.1, 0.15) is 11.5 Å². The van der Waals surface area contributed by atoms with Crippen molar-refractivity contribution in [1.29, 1.82) is 0 Å². The maximum absolute atomic E-state index is 9.10. The zero-order chi connectivity index (χ0) is 10.7. The highest BCUT2D eigenvalue weighted by Gasteiger charge is 2.04. The van der Waals surface area contributed by atoms with Gasteiger partial charge in [0.25, 0.3) is 0 Å². The maximum atomic E-state index is 9.10. The zero-order valence-electron chi connectivity index (χ0n) is 8.27. The molecule has 2 N–H and O–H groups in total. The van der Waals surface area contributed by atoms with Crippen molar-refractivity contribution in [2.45, 2.75) is 6.42 Å². The van der Waals surface area contributed by atoms with Gasteiger partial charge in [0.2, 0.25) is 5.89 Å². The molecule has 0 spiro atoms. The number of hydrogen-bond acceptors (Lipinski definition) is 5. The van der Waals surface area contributed by atoms with E-state index in [1.54, 1.807) is 19.2 Å². The van der Waals surface area contributed by atoms with E-state index >= 15 is 0 Å². The highest BCUT2D eigenvalue weighted by Crippen LogP contribution is 2.14. The van der Waals surface area contributed by atoms with E-state index in [1.807, 2.05) is 12.1 Å². The van der Waals surface area contributed by atoms with E-state index in [2.05, 4.69) is 15.5 Å². The predicted molar refractivity (Wildman–Crippen MR) is 54.8 cm³/mol. The summed E-state index contributed by atoms with van der Waals surface area (Å²) in [4.78, 5) is 0. The van der Waals surface area contributed by atoms with E-state index < -0.39 is 0 Å². The van der Waals surface area contributed by atoms with Gasteiger partial charge in [0.05, 0.1) is 6.42 Å². The first-order valence-corrected chi connectivity index (χ1v) is 4.56. The lowest BCUT2D eigenvalue weighted by atomic mass is 10.1. The molecule has 1 heterocycles. The number of benzene rings is 1. The highest BCUT2D eigenvalue weighted by molar-refractivity contribution is 5.27. The predicted octanol–water partition coefficient (Wildman–Crippen LogP) is 1.41. The Morgan fingerprint density at radius 3 is 2.60 bits per heavy atom. The summed E-state index contributed by atoms with van der Waals surface area (Å²) in [6, 6.07) is 7.30. The minimum Gasteiger partial charge on any atom is -0.508 e. The summed E-state index contributed by atoms with van der Waals surface area (Å²) in [5.41, 5.74) is 1.01. The second-order valence-electron chi connectivity index (χ2n) is 3.09. The fourth-order valence-electron chi connectivity index (χ4n) is 1.21. The molecule has 5 nitrogen and oxygen atoms in total. The first-order chi connectivity index (χ1) is 7.28. The Hall–Kier alpha value is -2.04. The third kappa shape index (κ3) is 2.25. The van der Waals surface area contributed by atoms with Crippen LogP contribution < -0.4 is 5.32 Å². The fraction of sp³-hybridized carbons (Fsp3) is 0.200. The molecule has 0 saturated heterocycles. The lowest BCUT2D eigenvalue weighted by Gasteiger charge is -1.96. The van der Waals surface area contributed by atoms with Crippen molar-refractivity contribution < 1.29 is 9.52 Å². The Bertz CT molecular complexity index is 436. The molecule has 15 heavy (non-hydrogen) atoms. The lowest BCUT2D eigenvalue weighted by molar-refractivity contribution is 0.474. The van der Waals surface area contributed by atoms with Gasteiger partial charge in [-0.25, -0.2) is 0 Å². The molecule has 2 aromatic rings. The van der Waals surface area contributed by atoms with E-state index in [9.17, 15) is 0 Å². The minimum absolute atomic E-state index is 0.250. The van der Waals surface area contributed by atoms with E-state index in [-0.39, 0.29) is 5.75 Å². The molecule has 0 aliphatic carbocycles. The summed E-state index contributed by atoms with van der Waals surface area (Å²) in [6.07, 6.45) is 0.564. The van der Waals surface area contributed by atoms with E-state index in [1.165, 1.54) is 0 Å². The van der Waals surface area contributed by atoms with Gasteiger partial charge in [-0.05, 0) is 17.7 Å². The van der Waals surface area contributed by atoms with Gasteiger partial charge >= 0.3 is 6.01 Å². The number of nitrogens with zero attached hydrogens (tertiary/aromatic N) is 2. The Balaban J connectivity index is 2.11. The van der Waals surface area contributed by atoms with Gasteiger partial charge in [0, 0.05) is 7.05 Å². The average Bonchev–Trinajstić information content (AvgIpc) is 2.69. The van der Waals surface area contributed by atoms with Gasteiger partial charge < -0.3 is 14.8 Å². The van der Waals surface area contributed by atoms with E-state index in [0.717, 1.165) is 5.56 Å². The number of rotatable bonds is 3. The van der Waals surface area contributed by atoms with E-state index in [4.69, 9.17) is 9.52 Å². The molecule has 0 aliphatic heterocycles. The van der Waals surface area contributed by atoms with Crippen LogP contribution in [0.4, 0.5) is 6.01 Å². The Labute approximate surface area is 86.8 Å². The number of anilines is 1. The second kappa shape index (κ2) is 4.00. The Morgan fingerprint density at radius 1 is 1.27 bits per heavy atom. The highest BCUT2D eigenvalue weighted by atomic mass is 16.4. The van der Waals surface area contributed by atoms with Crippen LogP contribution in [0.3, 0.4) is 0 Å². The molecule has 0 bridgehead atoms. The molecule has 1 aromatic carbocycles. The van der Waals surface area contributed by atoms with Crippen LogP contribution in [-0.4, -0.2) is 22.4 Å². The summed E-state index contributed by atoms with van der Waals surface area (Å²) < 4.78 is 5.27. The molecule has 5 heteroatoms. The van der Waals surface area contributed by atoms with Gasteiger partial charge in [0.15, 0.2) is 0 Å². The summed E-state index contributed by atoms with van der Waals surface area (Å²) >= 11 is 0. The molecule has 78 valence electrons. The van der Waals surface area contributed by atoms with Crippen molar-refractivity contribution in [1.82, 2.24) is 10.2 Å². The normalized spacial score (nSPS) is 10.2. The molecule has 0 radical (unpaired) electrons. The van der Waals surface area contributed by atoms with Gasteiger partial charge in [0.1, 0.15) is 5.75 Å². The molecule has 1 aromatic heterocycles. The number of phenolic OH excluding ortho intramolecular Hbond substituents is 1. The van der Waals surface area contributed by atoms with Gasteiger partial charge in [-0.3, -0.25) is 0 Å². The Morgan fingerprint density at radius 2 is 2.00 bits per heavy atom. The standard InChI is InChI=1S/C10H11N3O2/c1-11-10-13-12-9(15-10)6-7-2-4-8(14)5-3-7/h2-5,14H,6H2,1H3,(H,11,13). The fourth-order valence-corrected chi connectivity index (χ4v) is 1.21. The summed E-state index contributed by atoms with van der Waals surface area (Å²) in [5.74, 6) is 0.797. The molecule has 0 aliphatic rings. The number of phenols is 1. The van der Waals surface area contributed by atoms with Crippen molar-refractivity contribution in [3.05, 3.63) is 35.7 Å². The van der Waals surface area contributed by atoms with Crippen LogP contribution in [0.2, 0.25) is 0 Å². The van der Waals surface area contributed by atoms with Gasteiger partial charge in [-0.2, -0.15) is 0 Å². The number of aromatic nitrogens is 2. The minimum atomic E-state index is 0.250. The maximum Gasteiger partial charge on any atom is 0.315 e. The van der Waals surface area contributed by atoms with Crippen LogP contribution >= 0.6 is 0 Å². The largest absolute Gasteiger partial charge is 0.508 e. The third-order valence-electron chi connectivity index (χ3n) is 1.97. The van der Waals surface area contributed by atoms with Crippen LogP contribution in [0, 0.1) is 0 Å². The monoisotopic (exact) mass is 205 g/mol. The quantitative estimate of drug-likeness (QED) is 0.792. The third-order valence-corrected chi connectivity index (χ3v) is 1.97. The lowest BCUT2D eigenvalue weighted by Crippen LogP contribution is -1.87. The van der Waals surface area contributed by atoms with Gasteiger partial charge in [-0.1, -0.05) is 17.2 Å². The van der Waals surface area contributed by atoms with Crippen molar-refractivity contribution in [2.75, 3.05) is 12.4 Å². The van der Waals surface area contributed by atoms with Crippen molar-refractivity contribution in [3.63, 3.8) is 0 Å². The first-order valence-electron chi connectivity index (χ1n) is 4.56. The van der Waals surface area contributed by atoms with Crippen molar-refractivity contribution >= 4 is 6.01 Å². The summed E-state index contributed by atoms with van der Waals surface area (Å²) in [7, 11) is 1.72. The average molecular weight is 205 g/mol. The molecule has 2 rings (SSSR count). The van der Waals surface area contributed by atoms with Crippen molar-refractivity contribution in [2.24, 2.45) is 0 Å². The number of nitrogens with one attached hydrogen (secondary N) is 1. The molecule has 0 saturated carbocycles. The summed E-state index contributed by atoms with van der Waals surface area (Å²) in [5, 5.41) is 19.5. The summed E-state index contributed by atoms with van der Waals surface area (Å²) in [6.45, 7) is 0. The smallest absolute Gasteiger partial charge is 0.315 e. The van der Waals surface area contributed by atoms with Crippen LogP contribution in [0.25, 0.3) is 0 Å². The molecule has 0 amide bonds. The van der Waals surface area contributed by atoms with Crippen molar-refractivity contribution in [3.8, 4) is 5.75 Å². The molecular weight excluding hydrogens is 194 g/mol. The topological polar surface area (TPSA) is 71.2 Å². The number of aromatic hydroxyl groups is 1. The van der Waals surface area contributed by atoms with Crippen LogP contribution in [0.5, 0.6) is 5.75 Å². The van der Waals surface area contributed by atoms with Crippen LogP contribution in [0.15, 0.2) is 28.7 Å². The molecule has 0 unspecified atom stereocenters.